The highest BCUT2D eigenvalue weighted by Gasteiger charge is 2.24. The van der Waals surface area contributed by atoms with E-state index in [0.717, 1.165) is 30.0 Å². The molecule has 1 aromatic rings. The van der Waals surface area contributed by atoms with Gasteiger partial charge in [-0.1, -0.05) is 18.0 Å². The van der Waals surface area contributed by atoms with E-state index in [1.165, 1.54) is 12.8 Å². The second-order valence-corrected chi connectivity index (χ2v) is 5.57. The number of methoxy groups -OCH3 is 1. The molecule has 6 nitrogen and oxygen atoms in total. The molecule has 1 fully saturated rings. The molecule has 2 rings (SSSR count). The normalized spacial score (nSPS) is 16.6. The Balaban J connectivity index is 2.15. The van der Waals surface area contributed by atoms with E-state index >= 15 is 0 Å². The zero-order chi connectivity index (χ0) is 15.2. The molecule has 1 heterocycles. The van der Waals surface area contributed by atoms with Crippen LogP contribution in [-0.4, -0.2) is 40.6 Å². The van der Waals surface area contributed by atoms with Crippen molar-refractivity contribution in [3.05, 3.63) is 23.5 Å². The third kappa shape index (κ3) is 4.32. The van der Waals surface area contributed by atoms with Gasteiger partial charge in [0.1, 0.15) is 5.75 Å². The summed E-state index contributed by atoms with van der Waals surface area (Å²) in [5, 5.41) is 11.9. The smallest absolute Gasteiger partial charge is 0.153 e. The van der Waals surface area contributed by atoms with Crippen molar-refractivity contribution in [2.24, 2.45) is 10.9 Å². The number of aromatic nitrogens is 1. The Labute approximate surface area is 125 Å². The second-order valence-electron chi connectivity index (χ2n) is 5.57. The Morgan fingerprint density at radius 3 is 2.81 bits per heavy atom. The lowest BCUT2D eigenvalue weighted by molar-refractivity contribution is 0.211. The topological polar surface area (TPSA) is 84.0 Å². The van der Waals surface area contributed by atoms with Crippen LogP contribution in [0.2, 0.25) is 0 Å². The van der Waals surface area contributed by atoms with Gasteiger partial charge < -0.3 is 15.7 Å². The molecule has 0 amide bonds. The van der Waals surface area contributed by atoms with E-state index in [4.69, 9.17) is 15.7 Å². The SMILES string of the molecule is COc1cc(C)nc(CN(C/C(N)=N/O)C2CCCC2)c1. The molecule has 0 saturated heterocycles. The van der Waals surface area contributed by atoms with Gasteiger partial charge in [-0.3, -0.25) is 9.88 Å². The predicted molar refractivity (Wildman–Crippen MR) is 81.6 cm³/mol. The number of rotatable bonds is 6. The quantitative estimate of drug-likeness (QED) is 0.362. The van der Waals surface area contributed by atoms with Crippen molar-refractivity contribution in [1.29, 1.82) is 0 Å². The second kappa shape index (κ2) is 7.26. The maximum atomic E-state index is 8.82. The van der Waals surface area contributed by atoms with Gasteiger partial charge >= 0.3 is 0 Å². The first kappa shape index (κ1) is 15.6. The predicted octanol–water partition coefficient (Wildman–Crippen LogP) is 1.89. The molecule has 1 saturated carbocycles. The molecular weight excluding hydrogens is 268 g/mol. The molecule has 0 bridgehead atoms. The maximum absolute atomic E-state index is 8.82. The summed E-state index contributed by atoms with van der Waals surface area (Å²) in [4.78, 5) is 6.80. The van der Waals surface area contributed by atoms with E-state index in [9.17, 15) is 0 Å². The molecule has 116 valence electrons. The maximum Gasteiger partial charge on any atom is 0.153 e. The van der Waals surface area contributed by atoms with Crippen LogP contribution in [0.15, 0.2) is 17.3 Å². The first-order chi connectivity index (χ1) is 10.1. The first-order valence-electron chi connectivity index (χ1n) is 7.34. The van der Waals surface area contributed by atoms with Gasteiger partial charge in [-0.15, -0.1) is 0 Å². The summed E-state index contributed by atoms with van der Waals surface area (Å²) in [5.41, 5.74) is 7.57. The average molecular weight is 292 g/mol. The zero-order valence-corrected chi connectivity index (χ0v) is 12.7. The number of nitrogens with zero attached hydrogens (tertiary/aromatic N) is 3. The van der Waals surface area contributed by atoms with Crippen LogP contribution in [0, 0.1) is 6.92 Å². The molecule has 0 atom stereocenters. The van der Waals surface area contributed by atoms with Crippen LogP contribution in [0.1, 0.15) is 37.1 Å². The summed E-state index contributed by atoms with van der Waals surface area (Å²) in [5.74, 6) is 1.05. The minimum atomic E-state index is 0.238. The largest absolute Gasteiger partial charge is 0.497 e. The van der Waals surface area contributed by atoms with Crippen LogP contribution in [0.4, 0.5) is 0 Å². The van der Waals surface area contributed by atoms with Crippen molar-refractivity contribution in [2.75, 3.05) is 13.7 Å². The third-order valence-corrected chi connectivity index (χ3v) is 3.92. The molecule has 0 unspecified atom stereocenters. The monoisotopic (exact) mass is 292 g/mol. The first-order valence-corrected chi connectivity index (χ1v) is 7.34. The Hall–Kier alpha value is -1.82. The standard InChI is InChI=1S/C15H24N4O2/c1-11-7-14(21-2)8-12(17-11)9-19(10-15(16)18-20)13-5-3-4-6-13/h7-8,13,20H,3-6,9-10H2,1-2H3,(H2,16,18). The number of pyridine rings is 1. The van der Waals surface area contributed by atoms with Crippen molar-refractivity contribution in [1.82, 2.24) is 9.88 Å². The molecule has 0 aliphatic heterocycles. The molecule has 3 N–H and O–H groups in total. The minimum Gasteiger partial charge on any atom is -0.497 e. The highest BCUT2D eigenvalue weighted by atomic mass is 16.5. The molecule has 1 aliphatic carbocycles. The van der Waals surface area contributed by atoms with Crippen molar-refractivity contribution in [3.63, 3.8) is 0 Å². The average Bonchev–Trinajstić information content (AvgIpc) is 2.99. The highest BCUT2D eigenvalue weighted by molar-refractivity contribution is 5.81. The number of aryl methyl sites for hydroxylation is 1. The number of hydrogen-bond donors (Lipinski definition) is 2. The summed E-state index contributed by atoms with van der Waals surface area (Å²) in [6.07, 6.45) is 4.78. The van der Waals surface area contributed by atoms with Gasteiger partial charge in [-0.05, 0) is 19.8 Å². The summed E-state index contributed by atoms with van der Waals surface area (Å²) in [6.45, 7) is 3.09. The van der Waals surface area contributed by atoms with Crippen LogP contribution in [0.5, 0.6) is 5.75 Å². The minimum absolute atomic E-state index is 0.238. The zero-order valence-electron chi connectivity index (χ0n) is 12.7. The fraction of sp³-hybridized carbons (Fsp3) is 0.600. The number of nitrogens with two attached hydrogens (primary N) is 1. The van der Waals surface area contributed by atoms with Crippen molar-refractivity contribution >= 4 is 5.84 Å². The van der Waals surface area contributed by atoms with Gasteiger partial charge in [-0.2, -0.15) is 0 Å². The van der Waals surface area contributed by atoms with E-state index in [1.807, 2.05) is 19.1 Å². The van der Waals surface area contributed by atoms with Gasteiger partial charge in [0.2, 0.25) is 0 Å². The molecular formula is C15H24N4O2. The van der Waals surface area contributed by atoms with Gasteiger partial charge in [-0.25, -0.2) is 0 Å². The fourth-order valence-electron chi connectivity index (χ4n) is 2.93. The van der Waals surface area contributed by atoms with Crippen LogP contribution < -0.4 is 10.5 Å². The molecule has 1 aromatic heterocycles. The molecule has 6 heteroatoms. The van der Waals surface area contributed by atoms with E-state index in [0.29, 0.717) is 19.1 Å². The van der Waals surface area contributed by atoms with Crippen LogP contribution in [0.25, 0.3) is 0 Å². The summed E-state index contributed by atoms with van der Waals surface area (Å²) >= 11 is 0. The number of oxime groups is 1. The highest BCUT2D eigenvalue weighted by Crippen LogP contribution is 2.25. The fourth-order valence-corrected chi connectivity index (χ4v) is 2.93. The lowest BCUT2D eigenvalue weighted by atomic mass is 10.2. The van der Waals surface area contributed by atoms with Gasteiger partial charge in [0.15, 0.2) is 5.84 Å². The van der Waals surface area contributed by atoms with Crippen LogP contribution >= 0.6 is 0 Å². The molecule has 1 aliphatic rings. The lowest BCUT2D eigenvalue weighted by Gasteiger charge is -2.28. The number of amidine groups is 1. The number of ether oxygens (including phenoxy) is 1. The molecule has 0 radical (unpaired) electrons. The Bertz CT molecular complexity index is 498. The van der Waals surface area contributed by atoms with Gasteiger partial charge in [0.25, 0.3) is 0 Å². The summed E-state index contributed by atoms with van der Waals surface area (Å²) < 4.78 is 5.30. The van der Waals surface area contributed by atoms with E-state index in [2.05, 4.69) is 15.0 Å². The summed E-state index contributed by atoms with van der Waals surface area (Å²) in [7, 11) is 1.66. The van der Waals surface area contributed by atoms with E-state index in [1.54, 1.807) is 7.11 Å². The molecule has 21 heavy (non-hydrogen) atoms. The van der Waals surface area contributed by atoms with E-state index < -0.39 is 0 Å². The molecule has 0 spiro atoms. The number of hydrogen-bond acceptors (Lipinski definition) is 5. The Morgan fingerprint density at radius 1 is 1.48 bits per heavy atom. The Morgan fingerprint density at radius 2 is 2.19 bits per heavy atom. The Kier molecular flexibility index (Phi) is 5.38. The van der Waals surface area contributed by atoms with Crippen molar-refractivity contribution < 1.29 is 9.94 Å². The lowest BCUT2D eigenvalue weighted by Crippen LogP contribution is -2.39. The van der Waals surface area contributed by atoms with Crippen LogP contribution in [-0.2, 0) is 6.54 Å². The van der Waals surface area contributed by atoms with Gasteiger partial charge in [0, 0.05) is 30.4 Å². The molecule has 0 aromatic carbocycles. The van der Waals surface area contributed by atoms with Crippen molar-refractivity contribution in [3.8, 4) is 5.75 Å². The summed E-state index contributed by atoms with van der Waals surface area (Å²) in [6, 6.07) is 4.33. The van der Waals surface area contributed by atoms with Crippen molar-refractivity contribution in [2.45, 2.75) is 45.2 Å². The van der Waals surface area contributed by atoms with E-state index in [-0.39, 0.29) is 5.84 Å². The third-order valence-electron chi connectivity index (χ3n) is 3.92. The van der Waals surface area contributed by atoms with Crippen LogP contribution in [0.3, 0.4) is 0 Å². The van der Waals surface area contributed by atoms with Gasteiger partial charge in [0.05, 0.1) is 19.3 Å².